The maximum Gasteiger partial charge on any atom is 0.125 e. The van der Waals surface area contributed by atoms with Crippen LogP contribution in [0.15, 0.2) is 18.2 Å². The van der Waals surface area contributed by atoms with Crippen molar-refractivity contribution in [3.63, 3.8) is 0 Å². The Morgan fingerprint density at radius 1 is 1.35 bits per heavy atom. The lowest BCUT2D eigenvalue weighted by Crippen LogP contribution is -2.27. The molecule has 0 radical (unpaired) electrons. The van der Waals surface area contributed by atoms with E-state index in [2.05, 4.69) is 30.9 Å². The summed E-state index contributed by atoms with van der Waals surface area (Å²) in [7, 11) is 1.72. The van der Waals surface area contributed by atoms with E-state index in [4.69, 9.17) is 10.5 Å². The number of anilines is 1. The fourth-order valence-corrected chi connectivity index (χ4v) is 3.41. The third kappa shape index (κ3) is 2.64. The molecule has 0 saturated carbocycles. The van der Waals surface area contributed by atoms with E-state index in [0.717, 1.165) is 24.4 Å². The molecule has 1 aromatic carbocycles. The lowest BCUT2D eigenvalue weighted by Gasteiger charge is -2.29. The fourth-order valence-electron chi connectivity index (χ4n) is 3.41. The van der Waals surface area contributed by atoms with Crippen molar-refractivity contribution in [2.45, 2.75) is 46.1 Å². The first-order valence-corrected chi connectivity index (χ1v) is 7.74. The van der Waals surface area contributed by atoms with Gasteiger partial charge in [0, 0.05) is 30.4 Å². The summed E-state index contributed by atoms with van der Waals surface area (Å²) in [6, 6.07) is 6.24. The highest BCUT2D eigenvalue weighted by Crippen LogP contribution is 2.42. The number of hydrogen-bond donors (Lipinski definition) is 1. The van der Waals surface area contributed by atoms with Crippen LogP contribution in [0.2, 0.25) is 0 Å². The zero-order chi connectivity index (χ0) is 14.8. The molecular weight excluding hydrogens is 248 g/mol. The molecule has 0 bridgehead atoms. The summed E-state index contributed by atoms with van der Waals surface area (Å²) in [5, 5.41) is 0. The predicted octanol–water partition coefficient (Wildman–Crippen LogP) is 3.73. The lowest BCUT2D eigenvalue weighted by atomic mass is 9.82. The predicted molar refractivity (Wildman–Crippen MR) is 85.4 cm³/mol. The van der Waals surface area contributed by atoms with E-state index in [0.29, 0.717) is 5.41 Å². The highest BCUT2D eigenvalue weighted by atomic mass is 16.5. The zero-order valence-corrected chi connectivity index (χ0v) is 13.3. The molecule has 112 valence electrons. The summed E-state index contributed by atoms with van der Waals surface area (Å²) < 4.78 is 5.50. The van der Waals surface area contributed by atoms with Gasteiger partial charge in [-0.1, -0.05) is 19.9 Å². The van der Waals surface area contributed by atoms with Gasteiger partial charge in [0.25, 0.3) is 0 Å². The van der Waals surface area contributed by atoms with Crippen LogP contribution < -0.4 is 15.4 Å². The van der Waals surface area contributed by atoms with Gasteiger partial charge in [0.15, 0.2) is 0 Å². The highest BCUT2D eigenvalue weighted by molar-refractivity contribution is 5.61. The van der Waals surface area contributed by atoms with Gasteiger partial charge in [0.05, 0.1) is 7.11 Å². The van der Waals surface area contributed by atoms with Gasteiger partial charge in [-0.2, -0.15) is 0 Å². The number of methoxy groups -OCH3 is 1. The lowest BCUT2D eigenvalue weighted by molar-refractivity contribution is 0.301. The third-order valence-electron chi connectivity index (χ3n) is 5.00. The van der Waals surface area contributed by atoms with E-state index in [1.54, 1.807) is 7.11 Å². The largest absolute Gasteiger partial charge is 0.496 e. The Morgan fingerprint density at radius 2 is 2.05 bits per heavy atom. The number of rotatable bonds is 5. The molecule has 1 unspecified atom stereocenters. The summed E-state index contributed by atoms with van der Waals surface area (Å²) in [6.45, 7) is 8.90. The summed E-state index contributed by atoms with van der Waals surface area (Å²) >= 11 is 0. The van der Waals surface area contributed by atoms with Crippen LogP contribution in [-0.4, -0.2) is 20.2 Å². The molecule has 2 rings (SSSR count). The second-order valence-electron chi connectivity index (χ2n) is 6.06. The maximum atomic E-state index is 6.18. The van der Waals surface area contributed by atoms with Crippen LogP contribution in [0.25, 0.3) is 0 Å². The van der Waals surface area contributed by atoms with Gasteiger partial charge < -0.3 is 15.4 Å². The quantitative estimate of drug-likeness (QED) is 0.890. The van der Waals surface area contributed by atoms with Crippen LogP contribution in [0.3, 0.4) is 0 Å². The molecular formula is C17H28N2O. The Hall–Kier alpha value is -1.22. The van der Waals surface area contributed by atoms with E-state index in [1.165, 1.54) is 24.9 Å². The summed E-state index contributed by atoms with van der Waals surface area (Å²) in [5.74, 6) is 0.906. The molecule has 0 aromatic heterocycles. The van der Waals surface area contributed by atoms with Gasteiger partial charge in [-0.05, 0) is 43.7 Å². The second-order valence-corrected chi connectivity index (χ2v) is 6.06. The van der Waals surface area contributed by atoms with E-state index in [1.807, 2.05) is 13.0 Å². The molecule has 1 aliphatic heterocycles. The van der Waals surface area contributed by atoms with Gasteiger partial charge in [-0.3, -0.25) is 0 Å². The van der Waals surface area contributed by atoms with Crippen molar-refractivity contribution < 1.29 is 4.74 Å². The topological polar surface area (TPSA) is 38.5 Å². The Labute approximate surface area is 123 Å². The molecule has 1 heterocycles. The maximum absolute atomic E-state index is 6.18. The summed E-state index contributed by atoms with van der Waals surface area (Å²) in [5.41, 5.74) is 9.04. The van der Waals surface area contributed by atoms with E-state index < -0.39 is 0 Å². The van der Waals surface area contributed by atoms with Crippen LogP contribution in [0.4, 0.5) is 5.69 Å². The van der Waals surface area contributed by atoms with Gasteiger partial charge in [0.2, 0.25) is 0 Å². The molecule has 3 nitrogen and oxygen atoms in total. The van der Waals surface area contributed by atoms with Crippen molar-refractivity contribution in [1.82, 2.24) is 0 Å². The van der Waals surface area contributed by atoms with Crippen molar-refractivity contribution in [2.24, 2.45) is 11.1 Å². The SMILES string of the molecule is CCC1(CC)CCN(c2cccc(OC)c2C(C)N)C1. The first-order chi connectivity index (χ1) is 9.56. The Balaban J connectivity index is 2.35. The van der Waals surface area contributed by atoms with Crippen LogP contribution in [0.1, 0.15) is 51.6 Å². The Morgan fingerprint density at radius 3 is 2.55 bits per heavy atom. The minimum Gasteiger partial charge on any atom is -0.496 e. The van der Waals surface area contributed by atoms with Gasteiger partial charge in [-0.15, -0.1) is 0 Å². The first kappa shape index (κ1) is 15.2. The van der Waals surface area contributed by atoms with E-state index >= 15 is 0 Å². The van der Waals surface area contributed by atoms with Crippen molar-refractivity contribution in [2.75, 3.05) is 25.1 Å². The molecule has 1 aromatic rings. The number of nitrogens with two attached hydrogens (primary N) is 1. The Bertz CT molecular complexity index is 452. The molecule has 0 aliphatic carbocycles. The minimum atomic E-state index is -0.0144. The van der Waals surface area contributed by atoms with Crippen molar-refractivity contribution >= 4 is 5.69 Å². The van der Waals surface area contributed by atoms with Crippen molar-refractivity contribution in [1.29, 1.82) is 0 Å². The number of nitrogens with zero attached hydrogens (tertiary/aromatic N) is 1. The molecule has 20 heavy (non-hydrogen) atoms. The average Bonchev–Trinajstić information content (AvgIpc) is 2.91. The van der Waals surface area contributed by atoms with Crippen LogP contribution >= 0.6 is 0 Å². The van der Waals surface area contributed by atoms with Crippen LogP contribution in [0, 0.1) is 5.41 Å². The second kappa shape index (κ2) is 6.04. The summed E-state index contributed by atoms with van der Waals surface area (Å²) in [4.78, 5) is 2.49. The van der Waals surface area contributed by atoms with Gasteiger partial charge in [-0.25, -0.2) is 0 Å². The van der Waals surface area contributed by atoms with E-state index in [-0.39, 0.29) is 6.04 Å². The standard InChI is InChI=1S/C17H28N2O/c1-5-17(6-2)10-11-19(12-17)14-8-7-9-15(20-4)16(14)13(3)18/h7-9,13H,5-6,10-12,18H2,1-4H3. The van der Waals surface area contributed by atoms with Crippen molar-refractivity contribution in [3.8, 4) is 5.75 Å². The smallest absolute Gasteiger partial charge is 0.125 e. The average molecular weight is 276 g/mol. The van der Waals surface area contributed by atoms with Gasteiger partial charge in [0.1, 0.15) is 5.75 Å². The van der Waals surface area contributed by atoms with Crippen molar-refractivity contribution in [3.05, 3.63) is 23.8 Å². The number of benzene rings is 1. The molecule has 2 N–H and O–H groups in total. The number of ether oxygens (including phenoxy) is 1. The number of hydrogen-bond acceptors (Lipinski definition) is 3. The fraction of sp³-hybridized carbons (Fsp3) is 0.647. The molecule has 3 heteroatoms. The van der Waals surface area contributed by atoms with Crippen LogP contribution in [0.5, 0.6) is 5.75 Å². The minimum absolute atomic E-state index is 0.0144. The molecule has 1 saturated heterocycles. The molecule has 1 atom stereocenters. The monoisotopic (exact) mass is 276 g/mol. The molecule has 0 spiro atoms. The molecule has 1 fully saturated rings. The van der Waals surface area contributed by atoms with Crippen LogP contribution in [-0.2, 0) is 0 Å². The molecule has 1 aliphatic rings. The molecule has 0 amide bonds. The Kier molecular flexibility index (Phi) is 4.59. The summed E-state index contributed by atoms with van der Waals surface area (Å²) in [6.07, 6.45) is 3.77. The highest BCUT2D eigenvalue weighted by Gasteiger charge is 2.36. The van der Waals surface area contributed by atoms with E-state index in [9.17, 15) is 0 Å². The third-order valence-corrected chi connectivity index (χ3v) is 5.00. The normalized spacial score (nSPS) is 19.1. The van der Waals surface area contributed by atoms with Gasteiger partial charge >= 0.3 is 0 Å². The zero-order valence-electron chi connectivity index (χ0n) is 13.3. The first-order valence-electron chi connectivity index (χ1n) is 7.74.